The summed E-state index contributed by atoms with van der Waals surface area (Å²) in [6.07, 6.45) is 3.35. The molecule has 0 N–H and O–H groups in total. The maximum atomic E-state index is 12.8. The van der Waals surface area contributed by atoms with Gasteiger partial charge in [-0.05, 0) is 30.2 Å². The summed E-state index contributed by atoms with van der Waals surface area (Å²) >= 11 is 1.45. The monoisotopic (exact) mass is 333 g/mol. The van der Waals surface area contributed by atoms with Gasteiger partial charge in [0, 0.05) is 17.1 Å². The molecule has 4 aromatic rings. The van der Waals surface area contributed by atoms with Crippen LogP contribution in [0.3, 0.4) is 0 Å². The molecular formula is C19H15N3OS. The normalized spacial score (nSPS) is 11.0. The van der Waals surface area contributed by atoms with Crippen LogP contribution in [0.4, 0.5) is 0 Å². The molecule has 0 unspecified atom stereocenters. The van der Waals surface area contributed by atoms with Crippen molar-refractivity contribution in [1.82, 2.24) is 14.5 Å². The van der Waals surface area contributed by atoms with E-state index in [2.05, 4.69) is 29.0 Å². The average molecular weight is 333 g/mol. The van der Waals surface area contributed by atoms with E-state index in [1.54, 1.807) is 17.1 Å². The number of hydrogen-bond donors (Lipinski definition) is 0. The van der Waals surface area contributed by atoms with Crippen molar-refractivity contribution >= 4 is 21.6 Å². The summed E-state index contributed by atoms with van der Waals surface area (Å²) in [6.45, 7) is 2.50. The van der Waals surface area contributed by atoms with Crippen LogP contribution in [0.2, 0.25) is 0 Å². The van der Waals surface area contributed by atoms with E-state index in [4.69, 9.17) is 0 Å². The Kier molecular flexibility index (Phi) is 3.70. The zero-order valence-electron chi connectivity index (χ0n) is 13.1. The van der Waals surface area contributed by atoms with E-state index in [0.29, 0.717) is 11.2 Å². The van der Waals surface area contributed by atoms with Gasteiger partial charge in [-0.25, -0.2) is 4.98 Å². The summed E-state index contributed by atoms with van der Waals surface area (Å²) in [5, 5.41) is 2.02. The zero-order chi connectivity index (χ0) is 16.5. The van der Waals surface area contributed by atoms with Crippen molar-refractivity contribution in [2.24, 2.45) is 0 Å². The first-order chi connectivity index (χ1) is 11.7. The summed E-state index contributed by atoms with van der Waals surface area (Å²) in [7, 11) is 0. The molecule has 24 heavy (non-hydrogen) atoms. The minimum atomic E-state index is -0.0181. The molecule has 0 aliphatic carbocycles. The van der Waals surface area contributed by atoms with Crippen molar-refractivity contribution in [2.45, 2.75) is 13.5 Å². The SMILES string of the molecule is Cc1ccccc1-c1csc2c(=O)n(Cc3ccccn3)cnc12. The molecular weight excluding hydrogens is 318 g/mol. The number of aryl methyl sites for hydroxylation is 1. The molecule has 3 aromatic heterocycles. The molecule has 0 atom stereocenters. The van der Waals surface area contributed by atoms with Crippen LogP contribution in [-0.2, 0) is 6.54 Å². The highest BCUT2D eigenvalue weighted by atomic mass is 32.1. The predicted molar refractivity (Wildman–Crippen MR) is 97.4 cm³/mol. The van der Waals surface area contributed by atoms with Gasteiger partial charge < -0.3 is 0 Å². The first kappa shape index (κ1) is 14.8. The van der Waals surface area contributed by atoms with Crippen molar-refractivity contribution in [2.75, 3.05) is 0 Å². The fourth-order valence-electron chi connectivity index (χ4n) is 2.79. The topological polar surface area (TPSA) is 47.8 Å². The van der Waals surface area contributed by atoms with E-state index in [9.17, 15) is 4.79 Å². The van der Waals surface area contributed by atoms with Gasteiger partial charge in [-0.1, -0.05) is 30.3 Å². The Balaban J connectivity index is 1.82. The Morgan fingerprint density at radius 1 is 1.04 bits per heavy atom. The van der Waals surface area contributed by atoms with Crippen molar-refractivity contribution in [1.29, 1.82) is 0 Å². The second-order valence-electron chi connectivity index (χ2n) is 5.64. The smallest absolute Gasteiger partial charge is 0.271 e. The van der Waals surface area contributed by atoms with Crippen molar-refractivity contribution < 1.29 is 0 Å². The molecule has 0 aliphatic heterocycles. The average Bonchev–Trinajstić information content (AvgIpc) is 3.03. The van der Waals surface area contributed by atoms with E-state index in [1.165, 1.54) is 16.9 Å². The number of benzene rings is 1. The first-order valence-electron chi connectivity index (χ1n) is 7.66. The molecule has 0 fully saturated rings. The Labute approximate surface area is 143 Å². The minimum Gasteiger partial charge on any atom is -0.292 e. The molecule has 0 bridgehead atoms. The quantitative estimate of drug-likeness (QED) is 0.572. The van der Waals surface area contributed by atoms with E-state index in [0.717, 1.165) is 22.3 Å². The molecule has 118 valence electrons. The largest absolute Gasteiger partial charge is 0.292 e. The summed E-state index contributed by atoms with van der Waals surface area (Å²) in [6, 6.07) is 13.8. The van der Waals surface area contributed by atoms with Crippen LogP contribution in [0.15, 0.2) is 65.2 Å². The van der Waals surface area contributed by atoms with Crippen LogP contribution in [0.5, 0.6) is 0 Å². The number of pyridine rings is 1. The van der Waals surface area contributed by atoms with Crippen molar-refractivity contribution in [3.63, 3.8) is 0 Å². The van der Waals surface area contributed by atoms with Gasteiger partial charge in [0.2, 0.25) is 0 Å². The fourth-order valence-corrected chi connectivity index (χ4v) is 3.75. The fraction of sp³-hybridized carbons (Fsp3) is 0.105. The van der Waals surface area contributed by atoms with E-state index < -0.39 is 0 Å². The maximum absolute atomic E-state index is 12.8. The Hall–Kier alpha value is -2.79. The number of nitrogens with zero attached hydrogens (tertiary/aromatic N) is 3. The Morgan fingerprint density at radius 2 is 1.88 bits per heavy atom. The third kappa shape index (κ3) is 2.53. The highest BCUT2D eigenvalue weighted by Gasteiger charge is 2.13. The third-order valence-electron chi connectivity index (χ3n) is 4.04. The van der Waals surface area contributed by atoms with Crippen LogP contribution in [0, 0.1) is 6.92 Å². The van der Waals surface area contributed by atoms with Crippen LogP contribution in [0.1, 0.15) is 11.3 Å². The predicted octanol–water partition coefficient (Wildman–Crippen LogP) is 3.88. The maximum Gasteiger partial charge on any atom is 0.271 e. The van der Waals surface area contributed by atoms with Gasteiger partial charge in [-0.2, -0.15) is 0 Å². The summed E-state index contributed by atoms with van der Waals surface area (Å²) < 4.78 is 2.30. The highest BCUT2D eigenvalue weighted by molar-refractivity contribution is 7.17. The summed E-state index contributed by atoms with van der Waals surface area (Å²) in [4.78, 5) is 21.6. The van der Waals surface area contributed by atoms with Gasteiger partial charge in [-0.3, -0.25) is 14.3 Å². The number of hydrogen-bond acceptors (Lipinski definition) is 4. The summed E-state index contributed by atoms with van der Waals surface area (Å²) in [5.41, 5.74) is 4.92. The molecule has 4 nitrogen and oxygen atoms in total. The van der Waals surface area contributed by atoms with Crippen LogP contribution in [0.25, 0.3) is 21.3 Å². The van der Waals surface area contributed by atoms with E-state index in [-0.39, 0.29) is 5.56 Å². The Bertz CT molecular complexity index is 1070. The number of thiophene rings is 1. The van der Waals surface area contributed by atoms with Gasteiger partial charge in [0.1, 0.15) is 4.70 Å². The first-order valence-corrected chi connectivity index (χ1v) is 8.54. The van der Waals surface area contributed by atoms with E-state index in [1.807, 2.05) is 35.7 Å². The molecule has 5 heteroatoms. The molecule has 3 heterocycles. The van der Waals surface area contributed by atoms with Gasteiger partial charge in [0.05, 0.1) is 24.1 Å². The van der Waals surface area contributed by atoms with Gasteiger partial charge in [0.15, 0.2) is 0 Å². The van der Waals surface area contributed by atoms with Crippen LogP contribution in [-0.4, -0.2) is 14.5 Å². The highest BCUT2D eigenvalue weighted by Crippen LogP contribution is 2.32. The number of aromatic nitrogens is 3. The van der Waals surface area contributed by atoms with Crippen LogP contribution < -0.4 is 5.56 Å². The van der Waals surface area contributed by atoms with E-state index >= 15 is 0 Å². The molecule has 0 amide bonds. The minimum absolute atomic E-state index is 0.0181. The third-order valence-corrected chi connectivity index (χ3v) is 5.00. The van der Waals surface area contributed by atoms with Gasteiger partial charge in [-0.15, -0.1) is 11.3 Å². The molecule has 1 aromatic carbocycles. The molecule has 0 aliphatic rings. The van der Waals surface area contributed by atoms with Crippen molar-refractivity contribution in [3.05, 3.63) is 82.0 Å². The lowest BCUT2D eigenvalue weighted by molar-refractivity contribution is 0.731. The molecule has 0 spiro atoms. The second kappa shape index (κ2) is 6.02. The van der Waals surface area contributed by atoms with Gasteiger partial charge >= 0.3 is 0 Å². The lowest BCUT2D eigenvalue weighted by Gasteiger charge is -2.06. The Morgan fingerprint density at radius 3 is 2.67 bits per heavy atom. The molecule has 0 radical (unpaired) electrons. The summed E-state index contributed by atoms with van der Waals surface area (Å²) in [5.74, 6) is 0. The lowest BCUT2D eigenvalue weighted by atomic mass is 10.0. The molecule has 0 saturated heterocycles. The van der Waals surface area contributed by atoms with Crippen LogP contribution >= 0.6 is 11.3 Å². The molecule has 4 rings (SSSR count). The molecule has 0 saturated carbocycles. The van der Waals surface area contributed by atoms with Crippen molar-refractivity contribution in [3.8, 4) is 11.1 Å². The zero-order valence-corrected chi connectivity index (χ0v) is 14.0. The lowest BCUT2D eigenvalue weighted by Crippen LogP contribution is -2.20. The second-order valence-corrected chi connectivity index (χ2v) is 6.52. The van der Waals surface area contributed by atoms with Gasteiger partial charge in [0.25, 0.3) is 5.56 Å². The number of rotatable bonds is 3. The standard InChI is InChI=1S/C19H15N3OS/c1-13-6-2-3-8-15(13)16-11-24-18-17(16)21-12-22(19(18)23)10-14-7-4-5-9-20-14/h2-9,11-12H,10H2,1H3. The number of fused-ring (bicyclic) bond motifs is 1.